The summed E-state index contributed by atoms with van der Waals surface area (Å²) in [5.41, 5.74) is 12.7. The molecule has 4 nitrogen and oxygen atoms in total. The van der Waals surface area contributed by atoms with E-state index in [0.717, 1.165) is 50.4 Å². The van der Waals surface area contributed by atoms with E-state index < -0.39 is 0 Å². The van der Waals surface area contributed by atoms with Crippen molar-refractivity contribution in [1.29, 1.82) is 0 Å². The molecule has 53 heavy (non-hydrogen) atoms. The molecular weight excluding hydrogens is 647 g/mol. The van der Waals surface area contributed by atoms with Gasteiger partial charge < -0.3 is 9.30 Å². The van der Waals surface area contributed by atoms with Gasteiger partial charge in [0.05, 0.1) is 33.9 Å². The van der Waals surface area contributed by atoms with Crippen molar-refractivity contribution in [2.75, 3.05) is 0 Å². The second kappa shape index (κ2) is 10.7. The minimum Gasteiger partial charge on any atom is -0.457 e. The fourth-order valence-corrected chi connectivity index (χ4v) is 9.14. The highest BCUT2D eigenvalue weighted by molar-refractivity contribution is 6.25. The Morgan fingerprint density at radius 1 is 0.491 bits per heavy atom. The third-order valence-electron chi connectivity index (χ3n) is 11.3. The van der Waals surface area contributed by atoms with Crippen molar-refractivity contribution in [3.63, 3.8) is 0 Å². The summed E-state index contributed by atoms with van der Waals surface area (Å²) >= 11 is 0. The smallest absolute Gasteiger partial charge is 0.128 e. The highest BCUT2D eigenvalue weighted by Gasteiger charge is 2.39. The van der Waals surface area contributed by atoms with E-state index in [1.807, 2.05) is 12.3 Å². The minimum atomic E-state index is -0.00549. The molecule has 2 aliphatic rings. The molecular formula is C49H29N3O. The molecule has 1 aliphatic carbocycles. The van der Waals surface area contributed by atoms with E-state index >= 15 is 0 Å². The molecule has 0 N–H and O–H groups in total. The van der Waals surface area contributed by atoms with Crippen LogP contribution in [-0.2, 0) is 0 Å². The predicted octanol–water partition coefficient (Wildman–Crippen LogP) is 12.7. The molecule has 1 atom stereocenters. The van der Waals surface area contributed by atoms with E-state index in [1.54, 1.807) is 0 Å². The summed E-state index contributed by atoms with van der Waals surface area (Å²) in [7, 11) is 0. The number of ether oxygens (including phenoxy) is 1. The van der Waals surface area contributed by atoms with Gasteiger partial charge in [-0.15, -0.1) is 0 Å². The number of benzene rings is 8. The van der Waals surface area contributed by atoms with Gasteiger partial charge in [-0.3, -0.25) is 9.98 Å². The van der Waals surface area contributed by atoms with Gasteiger partial charge in [-0.2, -0.15) is 0 Å². The molecule has 0 saturated carbocycles. The summed E-state index contributed by atoms with van der Waals surface area (Å²) in [6.45, 7) is 0. The quantitative estimate of drug-likeness (QED) is 0.175. The van der Waals surface area contributed by atoms with E-state index in [9.17, 15) is 0 Å². The van der Waals surface area contributed by atoms with Gasteiger partial charge >= 0.3 is 0 Å². The fourth-order valence-electron chi connectivity index (χ4n) is 9.14. The van der Waals surface area contributed by atoms with Crippen molar-refractivity contribution in [2.45, 2.75) is 5.92 Å². The number of rotatable bonds is 3. The number of pyridine rings is 1. The molecule has 0 bridgehead atoms. The Bertz CT molecular complexity index is 3180. The van der Waals surface area contributed by atoms with Gasteiger partial charge in [0.15, 0.2) is 0 Å². The molecule has 1 unspecified atom stereocenters. The molecule has 1 aliphatic heterocycles. The third-order valence-corrected chi connectivity index (χ3v) is 11.3. The second-order valence-electron chi connectivity index (χ2n) is 14.1. The van der Waals surface area contributed by atoms with Crippen LogP contribution >= 0.6 is 0 Å². The molecule has 0 radical (unpaired) electrons. The standard InChI is InChI=1S/C49H29N3O/c1-2-11-29(12-3-1)52-43-19-9-7-16-39(43)45-44(52)25-24-36-35-23-21-31(28-41(35)49-47(46(36)45)38-15-6-8-18-42(38)51-49)53-30-20-22-34-32-13-4-5-14-33(32)37-17-10-26-50-48(37)40(34)27-30/h1-28,47H. The number of aliphatic imine (C=N–C) groups is 1. The van der Waals surface area contributed by atoms with Crippen molar-refractivity contribution < 1.29 is 4.74 Å². The zero-order chi connectivity index (χ0) is 34.6. The molecule has 8 aromatic carbocycles. The highest BCUT2D eigenvalue weighted by atomic mass is 16.5. The first-order chi connectivity index (χ1) is 26.3. The van der Waals surface area contributed by atoms with Crippen LogP contribution in [-0.4, -0.2) is 15.3 Å². The second-order valence-corrected chi connectivity index (χ2v) is 14.1. The lowest BCUT2D eigenvalue weighted by Crippen LogP contribution is -2.19. The number of hydrogen-bond acceptors (Lipinski definition) is 3. The molecule has 3 heterocycles. The largest absolute Gasteiger partial charge is 0.457 e. The molecule has 4 heteroatoms. The first-order valence-electron chi connectivity index (χ1n) is 18.1. The number of para-hydroxylation sites is 3. The van der Waals surface area contributed by atoms with Gasteiger partial charge in [-0.1, -0.05) is 91.0 Å². The predicted molar refractivity (Wildman–Crippen MR) is 218 cm³/mol. The van der Waals surface area contributed by atoms with Crippen LogP contribution in [0.1, 0.15) is 22.6 Å². The van der Waals surface area contributed by atoms with E-state index in [1.165, 1.54) is 60.2 Å². The first-order valence-corrected chi connectivity index (χ1v) is 18.1. The molecule has 0 amide bonds. The summed E-state index contributed by atoms with van der Waals surface area (Å²) < 4.78 is 9.12. The van der Waals surface area contributed by atoms with E-state index in [-0.39, 0.29) is 5.92 Å². The summed E-state index contributed by atoms with van der Waals surface area (Å²) in [5, 5.41) is 8.36. The maximum absolute atomic E-state index is 6.72. The van der Waals surface area contributed by atoms with Crippen LogP contribution < -0.4 is 4.74 Å². The molecule has 246 valence electrons. The monoisotopic (exact) mass is 675 g/mol. The van der Waals surface area contributed by atoms with Crippen LogP contribution in [0, 0.1) is 0 Å². The molecule has 10 aromatic rings. The Morgan fingerprint density at radius 2 is 1.19 bits per heavy atom. The Morgan fingerprint density at radius 3 is 2.09 bits per heavy atom. The van der Waals surface area contributed by atoms with Gasteiger partial charge in [-0.25, -0.2) is 0 Å². The first kappa shape index (κ1) is 28.6. The van der Waals surface area contributed by atoms with Crippen molar-refractivity contribution >= 4 is 65.7 Å². The van der Waals surface area contributed by atoms with Gasteiger partial charge in [-0.05, 0) is 111 Å². The number of aromatic nitrogens is 2. The summed E-state index contributed by atoms with van der Waals surface area (Å²) in [5.74, 6) is 1.55. The summed E-state index contributed by atoms with van der Waals surface area (Å²) in [6.07, 6.45) is 1.87. The normalized spacial score (nSPS) is 14.3. The van der Waals surface area contributed by atoms with Crippen LogP contribution in [0.5, 0.6) is 11.5 Å². The third kappa shape index (κ3) is 4.00. The van der Waals surface area contributed by atoms with E-state index in [0.29, 0.717) is 0 Å². The van der Waals surface area contributed by atoms with Gasteiger partial charge in [0.1, 0.15) is 11.5 Å². The zero-order valence-electron chi connectivity index (χ0n) is 28.5. The number of nitrogens with zero attached hydrogens (tertiary/aromatic N) is 3. The highest BCUT2D eigenvalue weighted by Crippen LogP contribution is 2.54. The van der Waals surface area contributed by atoms with Crippen LogP contribution in [0.4, 0.5) is 5.69 Å². The SMILES string of the molecule is c1ccc(-n2c3ccccc3c3c4c(ccc32)-c2ccc(Oc3ccc5c6ccccc6c6cccnc6c5c3)cc2C2=Nc3ccccc3C24)cc1. The van der Waals surface area contributed by atoms with Crippen LogP contribution in [0.15, 0.2) is 175 Å². The van der Waals surface area contributed by atoms with Crippen molar-refractivity contribution in [3.05, 3.63) is 187 Å². The van der Waals surface area contributed by atoms with Gasteiger partial charge in [0.25, 0.3) is 0 Å². The fraction of sp³-hybridized carbons (Fsp3) is 0.0204. The minimum absolute atomic E-state index is 0.00549. The lowest BCUT2D eigenvalue weighted by atomic mass is 9.73. The van der Waals surface area contributed by atoms with Crippen LogP contribution in [0.25, 0.3) is 71.1 Å². The molecule has 0 spiro atoms. The molecule has 0 fully saturated rings. The Kier molecular flexibility index (Phi) is 5.80. The molecule has 0 saturated heterocycles. The van der Waals surface area contributed by atoms with E-state index in [2.05, 4.69) is 162 Å². The maximum atomic E-state index is 6.72. The Labute approximate surface area is 304 Å². The topological polar surface area (TPSA) is 39.4 Å². The summed E-state index contributed by atoms with van der Waals surface area (Å²) in [6, 6.07) is 58.3. The zero-order valence-corrected chi connectivity index (χ0v) is 28.5. The summed E-state index contributed by atoms with van der Waals surface area (Å²) in [4.78, 5) is 10.2. The average Bonchev–Trinajstić information content (AvgIpc) is 3.78. The van der Waals surface area contributed by atoms with Gasteiger partial charge in [0.2, 0.25) is 0 Å². The lowest BCUT2D eigenvalue weighted by Gasteiger charge is -2.28. The maximum Gasteiger partial charge on any atom is 0.128 e. The molecule has 2 aromatic heterocycles. The Hall–Kier alpha value is -7.04. The number of hydrogen-bond donors (Lipinski definition) is 0. The average molecular weight is 676 g/mol. The van der Waals surface area contributed by atoms with Crippen LogP contribution in [0.3, 0.4) is 0 Å². The van der Waals surface area contributed by atoms with Gasteiger partial charge in [0, 0.05) is 39.0 Å². The van der Waals surface area contributed by atoms with Crippen molar-refractivity contribution in [3.8, 4) is 28.3 Å². The molecule has 12 rings (SSSR count). The van der Waals surface area contributed by atoms with E-state index in [4.69, 9.17) is 14.7 Å². The van der Waals surface area contributed by atoms with Crippen molar-refractivity contribution in [2.24, 2.45) is 4.99 Å². The number of fused-ring (bicyclic) bond motifs is 18. The Balaban J connectivity index is 1.06. The lowest BCUT2D eigenvalue weighted by molar-refractivity contribution is 0.483. The van der Waals surface area contributed by atoms with Crippen molar-refractivity contribution in [1.82, 2.24) is 9.55 Å². The van der Waals surface area contributed by atoms with Crippen LogP contribution in [0.2, 0.25) is 0 Å².